The Labute approximate surface area is 144 Å². The highest BCUT2D eigenvalue weighted by Crippen LogP contribution is 2.20. The summed E-state index contributed by atoms with van der Waals surface area (Å²) in [6.45, 7) is 21.2. The van der Waals surface area contributed by atoms with E-state index in [1.54, 1.807) is 0 Å². The molecular weight excluding hydrogens is 288 g/mol. The van der Waals surface area contributed by atoms with Gasteiger partial charge in [-0.3, -0.25) is 4.90 Å². The molecule has 1 saturated heterocycles. The van der Waals surface area contributed by atoms with Gasteiger partial charge >= 0.3 is 0 Å². The third-order valence-electron chi connectivity index (χ3n) is 4.02. The standard InChI is InChI=1S/C19H40N2O2/c1-18(2,3)8-7-11-22-12-9-21-10-13-23-17(15-21)14-20-16-19(4,5)6/h17,20H,7-16H2,1-6H3/t17-/m0/s1. The molecule has 1 rings (SSSR count). The van der Waals surface area contributed by atoms with Gasteiger partial charge in [0.2, 0.25) is 0 Å². The average molecular weight is 329 g/mol. The van der Waals surface area contributed by atoms with Gasteiger partial charge in [0, 0.05) is 39.3 Å². The maximum absolute atomic E-state index is 5.86. The lowest BCUT2D eigenvalue weighted by Crippen LogP contribution is -2.48. The molecule has 1 N–H and O–H groups in total. The Kier molecular flexibility index (Phi) is 9.06. The first-order valence-corrected chi connectivity index (χ1v) is 9.28. The number of nitrogens with zero attached hydrogens (tertiary/aromatic N) is 1. The van der Waals surface area contributed by atoms with Crippen LogP contribution in [0.5, 0.6) is 0 Å². The summed E-state index contributed by atoms with van der Waals surface area (Å²) in [5.74, 6) is 0. The van der Waals surface area contributed by atoms with E-state index in [4.69, 9.17) is 9.47 Å². The first kappa shape index (κ1) is 20.9. The van der Waals surface area contributed by atoms with Crippen LogP contribution in [0.3, 0.4) is 0 Å². The molecule has 0 radical (unpaired) electrons. The molecule has 0 unspecified atom stereocenters. The molecule has 4 nitrogen and oxygen atoms in total. The van der Waals surface area contributed by atoms with Crippen molar-refractivity contribution in [3.63, 3.8) is 0 Å². The van der Waals surface area contributed by atoms with Crippen LogP contribution in [0.2, 0.25) is 0 Å². The second-order valence-corrected chi connectivity index (χ2v) is 9.26. The van der Waals surface area contributed by atoms with Gasteiger partial charge in [0.15, 0.2) is 0 Å². The van der Waals surface area contributed by atoms with Crippen LogP contribution in [0.1, 0.15) is 54.4 Å². The van der Waals surface area contributed by atoms with Gasteiger partial charge in [-0.05, 0) is 23.7 Å². The summed E-state index contributed by atoms with van der Waals surface area (Å²) in [5.41, 5.74) is 0.746. The molecule has 1 atom stereocenters. The molecular formula is C19H40N2O2. The van der Waals surface area contributed by atoms with E-state index in [-0.39, 0.29) is 0 Å². The van der Waals surface area contributed by atoms with Crippen LogP contribution in [0.4, 0.5) is 0 Å². The van der Waals surface area contributed by atoms with Crippen LogP contribution in [0.25, 0.3) is 0 Å². The number of hydrogen-bond donors (Lipinski definition) is 1. The minimum atomic E-state index is 0.312. The van der Waals surface area contributed by atoms with Crippen molar-refractivity contribution in [1.82, 2.24) is 10.2 Å². The fourth-order valence-electron chi connectivity index (χ4n) is 2.72. The smallest absolute Gasteiger partial charge is 0.0826 e. The first-order chi connectivity index (χ1) is 10.7. The zero-order valence-electron chi connectivity index (χ0n) is 16.4. The van der Waals surface area contributed by atoms with E-state index >= 15 is 0 Å². The summed E-state index contributed by atoms with van der Waals surface area (Å²) in [4.78, 5) is 2.47. The van der Waals surface area contributed by atoms with Gasteiger partial charge in [0.25, 0.3) is 0 Å². The fourth-order valence-corrected chi connectivity index (χ4v) is 2.72. The summed E-state index contributed by atoms with van der Waals surface area (Å²) < 4.78 is 11.7. The van der Waals surface area contributed by atoms with Crippen LogP contribution in [0, 0.1) is 10.8 Å². The minimum absolute atomic E-state index is 0.312. The summed E-state index contributed by atoms with van der Waals surface area (Å²) in [5, 5.41) is 3.53. The number of rotatable bonds is 9. The molecule has 0 amide bonds. The third kappa shape index (κ3) is 11.9. The molecule has 0 saturated carbocycles. The summed E-state index contributed by atoms with van der Waals surface area (Å²) in [6.07, 6.45) is 2.70. The molecule has 0 aromatic heterocycles. The topological polar surface area (TPSA) is 33.7 Å². The Morgan fingerprint density at radius 2 is 1.83 bits per heavy atom. The van der Waals surface area contributed by atoms with Gasteiger partial charge in [-0.25, -0.2) is 0 Å². The monoisotopic (exact) mass is 328 g/mol. The second kappa shape index (κ2) is 9.97. The summed E-state index contributed by atoms with van der Waals surface area (Å²) in [7, 11) is 0. The predicted octanol–water partition coefficient (Wildman–Crippen LogP) is 3.17. The van der Waals surface area contributed by atoms with Crippen molar-refractivity contribution >= 4 is 0 Å². The zero-order valence-corrected chi connectivity index (χ0v) is 16.4. The lowest BCUT2D eigenvalue weighted by molar-refractivity contribution is -0.0356. The minimum Gasteiger partial charge on any atom is -0.380 e. The van der Waals surface area contributed by atoms with Crippen molar-refractivity contribution in [2.75, 3.05) is 52.5 Å². The Morgan fingerprint density at radius 3 is 2.48 bits per heavy atom. The van der Waals surface area contributed by atoms with Crippen molar-refractivity contribution in [3.05, 3.63) is 0 Å². The van der Waals surface area contributed by atoms with E-state index in [9.17, 15) is 0 Å². The largest absolute Gasteiger partial charge is 0.380 e. The maximum atomic E-state index is 5.86. The van der Waals surface area contributed by atoms with Crippen molar-refractivity contribution in [1.29, 1.82) is 0 Å². The Bertz CT molecular complexity index is 307. The molecule has 0 aromatic carbocycles. The zero-order chi connectivity index (χ0) is 17.3. The van der Waals surface area contributed by atoms with E-state index in [2.05, 4.69) is 51.8 Å². The lowest BCUT2D eigenvalue weighted by atomic mass is 9.91. The predicted molar refractivity (Wildman–Crippen MR) is 98.0 cm³/mol. The third-order valence-corrected chi connectivity index (χ3v) is 4.02. The number of morpholine rings is 1. The van der Waals surface area contributed by atoms with E-state index in [0.717, 1.165) is 59.0 Å². The first-order valence-electron chi connectivity index (χ1n) is 9.28. The van der Waals surface area contributed by atoms with Crippen LogP contribution >= 0.6 is 0 Å². The molecule has 0 bridgehead atoms. The van der Waals surface area contributed by atoms with Gasteiger partial charge < -0.3 is 14.8 Å². The normalized spacial score (nSPS) is 20.9. The van der Waals surface area contributed by atoms with Crippen LogP contribution < -0.4 is 5.32 Å². The highest BCUT2D eigenvalue weighted by molar-refractivity contribution is 4.75. The van der Waals surface area contributed by atoms with E-state index in [1.165, 1.54) is 6.42 Å². The van der Waals surface area contributed by atoms with Gasteiger partial charge in [-0.1, -0.05) is 41.5 Å². The molecule has 1 aliphatic rings. The van der Waals surface area contributed by atoms with Crippen LogP contribution in [0.15, 0.2) is 0 Å². The van der Waals surface area contributed by atoms with Crippen molar-refractivity contribution < 1.29 is 9.47 Å². The molecule has 0 aromatic rings. The van der Waals surface area contributed by atoms with E-state index < -0.39 is 0 Å². The van der Waals surface area contributed by atoms with Gasteiger partial charge in [0.1, 0.15) is 0 Å². The number of ether oxygens (including phenoxy) is 2. The molecule has 4 heteroatoms. The van der Waals surface area contributed by atoms with Gasteiger partial charge in [0.05, 0.1) is 19.3 Å². The number of hydrogen-bond acceptors (Lipinski definition) is 4. The Morgan fingerprint density at radius 1 is 1.09 bits per heavy atom. The highest BCUT2D eigenvalue weighted by Gasteiger charge is 2.20. The Hall–Kier alpha value is -0.160. The molecule has 1 fully saturated rings. The Balaban J connectivity index is 2.06. The highest BCUT2D eigenvalue weighted by atomic mass is 16.5. The van der Waals surface area contributed by atoms with Crippen LogP contribution in [-0.2, 0) is 9.47 Å². The quantitative estimate of drug-likeness (QED) is 0.659. The van der Waals surface area contributed by atoms with Crippen molar-refractivity contribution in [2.24, 2.45) is 10.8 Å². The maximum Gasteiger partial charge on any atom is 0.0826 e. The average Bonchev–Trinajstić information content (AvgIpc) is 2.40. The van der Waals surface area contributed by atoms with Crippen LogP contribution in [-0.4, -0.2) is 63.5 Å². The van der Waals surface area contributed by atoms with Crippen molar-refractivity contribution in [2.45, 2.75) is 60.5 Å². The molecule has 0 spiro atoms. The fraction of sp³-hybridized carbons (Fsp3) is 1.00. The summed E-state index contributed by atoms with van der Waals surface area (Å²) in [6, 6.07) is 0. The van der Waals surface area contributed by atoms with E-state index in [1.807, 2.05) is 0 Å². The molecule has 23 heavy (non-hydrogen) atoms. The van der Waals surface area contributed by atoms with Crippen molar-refractivity contribution in [3.8, 4) is 0 Å². The molecule has 138 valence electrons. The lowest BCUT2D eigenvalue weighted by Gasteiger charge is -2.33. The molecule has 1 heterocycles. The molecule has 1 aliphatic heterocycles. The van der Waals surface area contributed by atoms with E-state index in [0.29, 0.717) is 16.9 Å². The summed E-state index contributed by atoms with van der Waals surface area (Å²) >= 11 is 0. The van der Waals surface area contributed by atoms with Gasteiger partial charge in [-0.2, -0.15) is 0 Å². The number of nitrogens with one attached hydrogen (secondary N) is 1. The second-order valence-electron chi connectivity index (χ2n) is 9.26. The SMILES string of the molecule is CC(C)(C)CCCOCCN1CCO[C@@H](CNCC(C)(C)C)C1. The molecule has 0 aliphatic carbocycles. The van der Waals surface area contributed by atoms with Gasteiger partial charge in [-0.15, -0.1) is 0 Å².